The molecule has 0 aliphatic heterocycles. The molecule has 1 aromatic heterocycles. The fourth-order valence-electron chi connectivity index (χ4n) is 3.23. The average molecular weight is 348 g/mol. The Hall–Kier alpha value is -2.88. The molecule has 0 aliphatic rings. The zero-order valence-corrected chi connectivity index (χ0v) is 15.7. The normalized spacial score (nSPS) is 10.9. The van der Waals surface area contributed by atoms with E-state index in [1.807, 2.05) is 51.1 Å². The Kier molecular flexibility index (Phi) is 4.94. The quantitative estimate of drug-likeness (QED) is 0.754. The fraction of sp³-hybridized carbons (Fsp3) is 0.273. The lowest BCUT2D eigenvalue weighted by Gasteiger charge is -2.09. The first-order chi connectivity index (χ1) is 12.3. The van der Waals surface area contributed by atoms with Gasteiger partial charge in [0.05, 0.1) is 0 Å². The van der Waals surface area contributed by atoms with E-state index in [1.165, 1.54) is 5.56 Å². The first kappa shape index (κ1) is 17.9. The van der Waals surface area contributed by atoms with Gasteiger partial charge in [-0.15, -0.1) is 0 Å². The summed E-state index contributed by atoms with van der Waals surface area (Å²) in [6.07, 6.45) is 0.495. The van der Waals surface area contributed by atoms with E-state index in [1.54, 1.807) is 0 Å². The number of aromatic amines is 1. The van der Waals surface area contributed by atoms with Crippen LogP contribution in [0.1, 0.15) is 38.2 Å². The predicted octanol–water partition coefficient (Wildman–Crippen LogP) is 3.73. The lowest BCUT2D eigenvalue weighted by Crippen LogP contribution is -2.27. The number of fused-ring (bicyclic) bond motifs is 1. The van der Waals surface area contributed by atoms with Crippen LogP contribution in [0.25, 0.3) is 10.9 Å². The number of rotatable bonds is 4. The van der Waals surface area contributed by atoms with Crippen molar-refractivity contribution in [1.29, 1.82) is 0 Å². The number of carbonyl (C=O) groups is 1. The largest absolute Gasteiger partial charge is 0.352 e. The number of nitrogens with one attached hydrogen (secondary N) is 2. The molecule has 4 heteroatoms. The summed E-state index contributed by atoms with van der Waals surface area (Å²) in [6, 6.07) is 11.8. The highest BCUT2D eigenvalue weighted by Gasteiger charge is 2.08. The van der Waals surface area contributed by atoms with Gasteiger partial charge in [-0.1, -0.05) is 17.2 Å². The van der Waals surface area contributed by atoms with Crippen LogP contribution in [0.2, 0.25) is 0 Å². The maximum atomic E-state index is 12.3. The van der Waals surface area contributed by atoms with Crippen molar-refractivity contribution in [1.82, 2.24) is 10.3 Å². The van der Waals surface area contributed by atoms with Crippen LogP contribution < -0.4 is 10.9 Å². The van der Waals surface area contributed by atoms with E-state index in [0.29, 0.717) is 24.1 Å². The molecule has 0 fully saturated rings. The molecular formula is C22H24N2O2. The lowest BCUT2D eigenvalue weighted by molar-refractivity contribution is 0.0954. The van der Waals surface area contributed by atoms with Gasteiger partial charge < -0.3 is 10.3 Å². The number of hydrogen-bond acceptors (Lipinski definition) is 2. The topological polar surface area (TPSA) is 62.0 Å². The van der Waals surface area contributed by atoms with Crippen molar-refractivity contribution in [2.75, 3.05) is 6.54 Å². The Morgan fingerprint density at radius 2 is 1.58 bits per heavy atom. The molecule has 0 bridgehead atoms. The van der Waals surface area contributed by atoms with Gasteiger partial charge in [-0.3, -0.25) is 9.59 Å². The third-order valence-electron chi connectivity index (χ3n) is 4.70. The third kappa shape index (κ3) is 3.85. The van der Waals surface area contributed by atoms with Crippen LogP contribution in [0.15, 0.2) is 41.2 Å². The molecule has 2 N–H and O–H groups in total. The maximum absolute atomic E-state index is 12.3. The van der Waals surface area contributed by atoms with Gasteiger partial charge >= 0.3 is 0 Å². The molecule has 0 saturated carbocycles. The van der Waals surface area contributed by atoms with Crippen LogP contribution in [0.4, 0.5) is 0 Å². The van der Waals surface area contributed by atoms with Gasteiger partial charge in [0.15, 0.2) is 0 Å². The van der Waals surface area contributed by atoms with Gasteiger partial charge in [0, 0.05) is 23.2 Å². The number of H-pyrrole nitrogens is 1. The summed E-state index contributed by atoms with van der Waals surface area (Å²) in [4.78, 5) is 27.6. The minimum Gasteiger partial charge on any atom is -0.352 e. The van der Waals surface area contributed by atoms with Crippen molar-refractivity contribution in [3.05, 3.63) is 80.1 Å². The van der Waals surface area contributed by atoms with E-state index in [2.05, 4.69) is 23.3 Å². The van der Waals surface area contributed by atoms with E-state index in [9.17, 15) is 9.59 Å². The second-order valence-electron chi connectivity index (χ2n) is 7.03. The van der Waals surface area contributed by atoms with Crippen molar-refractivity contribution in [2.24, 2.45) is 0 Å². The third-order valence-corrected chi connectivity index (χ3v) is 4.70. The first-order valence-corrected chi connectivity index (χ1v) is 8.83. The highest BCUT2D eigenvalue weighted by atomic mass is 16.1. The SMILES string of the molecule is Cc1cc(C)cc(C(=O)NCCc2cc3cc(C)c(C)cc3[nH]c2=O)c1. The van der Waals surface area contributed by atoms with Crippen LogP contribution in [0.5, 0.6) is 0 Å². The van der Waals surface area contributed by atoms with Crippen molar-refractivity contribution in [3.63, 3.8) is 0 Å². The number of benzene rings is 2. The van der Waals surface area contributed by atoms with Crippen LogP contribution in [0, 0.1) is 27.7 Å². The van der Waals surface area contributed by atoms with Gasteiger partial charge in [-0.25, -0.2) is 0 Å². The van der Waals surface area contributed by atoms with Gasteiger partial charge in [-0.05, 0) is 81.0 Å². The van der Waals surface area contributed by atoms with Gasteiger partial charge in [0.2, 0.25) is 0 Å². The Bertz CT molecular complexity index is 1030. The van der Waals surface area contributed by atoms with Crippen LogP contribution in [0.3, 0.4) is 0 Å². The second kappa shape index (κ2) is 7.16. The van der Waals surface area contributed by atoms with Gasteiger partial charge in [-0.2, -0.15) is 0 Å². The molecule has 0 spiro atoms. The molecule has 134 valence electrons. The zero-order valence-electron chi connectivity index (χ0n) is 15.7. The molecule has 0 unspecified atom stereocenters. The molecule has 1 heterocycles. The number of aryl methyl sites for hydroxylation is 4. The minimum atomic E-state index is -0.111. The van der Waals surface area contributed by atoms with E-state index in [0.717, 1.165) is 27.6 Å². The Labute approximate surface area is 153 Å². The van der Waals surface area contributed by atoms with Crippen molar-refractivity contribution in [3.8, 4) is 0 Å². The molecule has 3 rings (SSSR count). The Morgan fingerprint density at radius 1 is 0.923 bits per heavy atom. The molecule has 1 amide bonds. The summed E-state index contributed by atoms with van der Waals surface area (Å²) >= 11 is 0. The summed E-state index contributed by atoms with van der Waals surface area (Å²) in [5, 5.41) is 3.92. The predicted molar refractivity (Wildman–Crippen MR) is 106 cm³/mol. The van der Waals surface area contributed by atoms with E-state index < -0.39 is 0 Å². The lowest BCUT2D eigenvalue weighted by atomic mass is 10.0. The smallest absolute Gasteiger partial charge is 0.251 e. The van der Waals surface area contributed by atoms with Crippen molar-refractivity contribution < 1.29 is 4.79 Å². The molecular weight excluding hydrogens is 324 g/mol. The molecule has 4 nitrogen and oxygen atoms in total. The Morgan fingerprint density at radius 3 is 2.27 bits per heavy atom. The molecule has 26 heavy (non-hydrogen) atoms. The summed E-state index contributed by atoms with van der Waals surface area (Å²) in [6.45, 7) is 8.46. The van der Waals surface area contributed by atoms with Crippen LogP contribution in [-0.2, 0) is 6.42 Å². The molecule has 0 aliphatic carbocycles. The zero-order chi connectivity index (χ0) is 18.8. The highest BCUT2D eigenvalue weighted by Crippen LogP contribution is 2.17. The molecule has 3 aromatic rings. The Balaban J connectivity index is 1.73. The van der Waals surface area contributed by atoms with E-state index >= 15 is 0 Å². The minimum absolute atomic E-state index is 0.0959. The standard InChI is InChI=1S/C22H24N2O2/c1-13-7-14(2)9-19(8-13)21(25)23-6-5-17-12-18-10-15(3)16(4)11-20(18)24-22(17)26/h7-12H,5-6H2,1-4H3,(H,23,25)(H,24,26). The van der Waals surface area contributed by atoms with E-state index in [4.69, 9.17) is 0 Å². The molecule has 0 radical (unpaired) electrons. The van der Waals surface area contributed by atoms with Crippen molar-refractivity contribution in [2.45, 2.75) is 34.1 Å². The van der Waals surface area contributed by atoms with Gasteiger partial charge in [0.25, 0.3) is 11.5 Å². The number of hydrogen-bond donors (Lipinski definition) is 2. The number of pyridine rings is 1. The molecule has 2 aromatic carbocycles. The number of carbonyl (C=O) groups excluding carboxylic acids is 1. The maximum Gasteiger partial charge on any atom is 0.251 e. The highest BCUT2D eigenvalue weighted by molar-refractivity contribution is 5.94. The van der Waals surface area contributed by atoms with E-state index in [-0.39, 0.29) is 11.5 Å². The first-order valence-electron chi connectivity index (χ1n) is 8.83. The summed E-state index contributed by atoms with van der Waals surface area (Å²) < 4.78 is 0. The average Bonchev–Trinajstić information content (AvgIpc) is 2.56. The summed E-state index contributed by atoms with van der Waals surface area (Å²) in [5.74, 6) is -0.111. The second-order valence-corrected chi connectivity index (χ2v) is 7.03. The monoisotopic (exact) mass is 348 g/mol. The molecule has 0 atom stereocenters. The molecule has 0 saturated heterocycles. The van der Waals surface area contributed by atoms with Crippen molar-refractivity contribution >= 4 is 16.8 Å². The fourth-order valence-corrected chi connectivity index (χ4v) is 3.23. The summed E-state index contributed by atoms with van der Waals surface area (Å²) in [7, 11) is 0. The number of aromatic nitrogens is 1. The van der Waals surface area contributed by atoms with Crippen LogP contribution in [-0.4, -0.2) is 17.4 Å². The van der Waals surface area contributed by atoms with Crippen LogP contribution >= 0.6 is 0 Å². The van der Waals surface area contributed by atoms with Gasteiger partial charge in [0.1, 0.15) is 0 Å². The number of amides is 1. The summed E-state index contributed by atoms with van der Waals surface area (Å²) in [5.41, 5.74) is 6.56.